The summed E-state index contributed by atoms with van der Waals surface area (Å²) >= 11 is 0. The Labute approximate surface area is 116 Å². The Morgan fingerprint density at radius 1 is 1.21 bits per heavy atom. The van der Waals surface area contributed by atoms with E-state index in [1.165, 1.54) is 0 Å². The van der Waals surface area contributed by atoms with Crippen molar-refractivity contribution in [3.63, 3.8) is 0 Å². The summed E-state index contributed by atoms with van der Waals surface area (Å²) in [5, 5.41) is 0. The standard InChI is InChI=1S/C15H26N2O2/c1-4-6-11-17-14(16-3)12-7-9-13(10-8-12)15(18)19-5-2/h11-13H,4-10H2,1-3H3. The van der Waals surface area contributed by atoms with Crippen LogP contribution in [0.2, 0.25) is 0 Å². The predicted octanol–water partition coefficient (Wildman–Crippen LogP) is 3.26. The van der Waals surface area contributed by atoms with Gasteiger partial charge in [0, 0.05) is 19.2 Å². The maximum atomic E-state index is 11.7. The molecule has 19 heavy (non-hydrogen) atoms. The average Bonchev–Trinajstić information content (AvgIpc) is 2.44. The lowest BCUT2D eigenvalue weighted by molar-refractivity contribution is -0.149. The lowest BCUT2D eigenvalue weighted by Crippen LogP contribution is -2.26. The molecule has 1 saturated carbocycles. The van der Waals surface area contributed by atoms with Crippen LogP contribution in [0.5, 0.6) is 0 Å². The monoisotopic (exact) mass is 266 g/mol. The minimum atomic E-state index is -0.0366. The first-order valence-corrected chi connectivity index (χ1v) is 7.38. The van der Waals surface area contributed by atoms with E-state index in [1.807, 2.05) is 13.1 Å². The van der Waals surface area contributed by atoms with Gasteiger partial charge in [0.1, 0.15) is 5.84 Å². The van der Waals surface area contributed by atoms with Gasteiger partial charge < -0.3 is 4.74 Å². The molecule has 4 heteroatoms. The molecule has 0 aromatic heterocycles. The van der Waals surface area contributed by atoms with Gasteiger partial charge in [-0.25, -0.2) is 4.99 Å². The maximum Gasteiger partial charge on any atom is 0.308 e. The molecule has 1 aliphatic carbocycles. The van der Waals surface area contributed by atoms with E-state index >= 15 is 0 Å². The zero-order chi connectivity index (χ0) is 14.1. The van der Waals surface area contributed by atoms with E-state index in [0.29, 0.717) is 12.5 Å². The molecule has 0 amide bonds. The Kier molecular flexibility index (Phi) is 7.38. The van der Waals surface area contributed by atoms with Crippen LogP contribution in [0.1, 0.15) is 52.4 Å². The van der Waals surface area contributed by atoms with Gasteiger partial charge in [-0.3, -0.25) is 9.79 Å². The Balaban J connectivity index is 2.45. The Bertz CT molecular complexity index is 329. The van der Waals surface area contributed by atoms with Crippen molar-refractivity contribution in [2.75, 3.05) is 13.7 Å². The normalized spacial score (nSPS) is 24.7. The molecule has 0 bridgehead atoms. The molecule has 0 aliphatic heterocycles. The van der Waals surface area contributed by atoms with Gasteiger partial charge in [0.25, 0.3) is 0 Å². The van der Waals surface area contributed by atoms with Crippen LogP contribution >= 0.6 is 0 Å². The molecule has 0 saturated heterocycles. The number of unbranched alkanes of at least 4 members (excludes halogenated alkanes) is 1. The van der Waals surface area contributed by atoms with Gasteiger partial charge in [-0.15, -0.1) is 0 Å². The number of carbonyl (C=O) groups is 1. The first-order chi connectivity index (χ1) is 9.22. The number of carbonyl (C=O) groups excluding carboxylic acids is 1. The summed E-state index contributed by atoms with van der Waals surface area (Å²) in [6, 6.07) is 0. The topological polar surface area (TPSA) is 51.0 Å². The SMILES string of the molecule is CCCC=NC(=NC)C1CCC(C(=O)OCC)CC1. The molecule has 4 nitrogen and oxygen atoms in total. The number of nitrogens with zero attached hydrogens (tertiary/aromatic N) is 2. The Morgan fingerprint density at radius 3 is 2.37 bits per heavy atom. The molecule has 1 rings (SSSR count). The molecule has 1 fully saturated rings. The molecule has 108 valence electrons. The van der Waals surface area contributed by atoms with Crippen molar-refractivity contribution in [3.8, 4) is 0 Å². The van der Waals surface area contributed by atoms with Gasteiger partial charge in [0.2, 0.25) is 0 Å². The van der Waals surface area contributed by atoms with Gasteiger partial charge in [-0.2, -0.15) is 0 Å². The van der Waals surface area contributed by atoms with Gasteiger partial charge in [0.05, 0.1) is 12.5 Å². The highest BCUT2D eigenvalue weighted by molar-refractivity contribution is 5.91. The number of aliphatic imine (C=N–C) groups is 2. The zero-order valence-electron chi connectivity index (χ0n) is 12.4. The maximum absolute atomic E-state index is 11.7. The average molecular weight is 266 g/mol. The molecule has 0 aromatic rings. The number of ether oxygens (including phenoxy) is 1. The molecule has 1 aliphatic rings. The van der Waals surface area contributed by atoms with Crippen molar-refractivity contribution in [2.45, 2.75) is 52.4 Å². The van der Waals surface area contributed by atoms with E-state index in [9.17, 15) is 4.79 Å². The van der Waals surface area contributed by atoms with E-state index in [2.05, 4.69) is 16.9 Å². The van der Waals surface area contributed by atoms with Gasteiger partial charge in [-0.1, -0.05) is 13.3 Å². The second-order valence-corrected chi connectivity index (χ2v) is 4.98. The summed E-state index contributed by atoms with van der Waals surface area (Å²) in [7, 11) is 1.80. The second kappa shape index (κ2) is 8.83. The minimum absolute atomic E-state index is 0.0366. The minimum Gasteiger partial charge on any atom is -0.466 e. The number of hydrogen-bond acceptors (Lipinski definition) is 3. The Morgan fingerprint density at radius 2 is 1.84 bits per heavy atom. The number of hydrogen-bond donors (Lipinski definition) is 0. The zero-order valence-corrected chi connectivity index (χ0v) is 12.4. The quantitative estimate of drug-likeness (QED) is 0.435. The summed E-state index contributed by atoms with van der Waals surface area (Å²) in [5.41, 5.74) is 0. The van der Waals surface area contributed by atoms with Crippen molar-refractivity contribution in [3.05, 3.63) is 0 Å². The van der Waals surface area contributed by atoms with Crippen LogP contribution in [0.4, 0.5) is 0 Å². The molecule has 0 heterocycles. The fourth-order valence-corrected chi connectivity index (χ4v) is 2.48. The smallest absolute Gasteiger partial charge is 0.308 e. The van der Waals surface area contributed by atoms with Crippen LogP contribution in [0.3, 0.4) is 0 Å². The number of rotatable bonds is 5. The molecular formula is C15H26N2O2. The van der Waals surface area contributed by atoms with Crippen molar-refractivity contribution in [1.82, 2.24) is 0 Å². The number of esters is 1. The third-order valence-corrected chi connectivity index (χ3v) is 3.58. The molecule has 0 aromatic carbocycles. The van der Waals surface area contributed by atoms with Crippen LogP contribution in [-0.2, 0) is 9.53 Å². The second-order valence-electron chi connectivity index (χ2n) is 4.98. The third-order valence-electron chi connectivity index (χ3n) is 3.58. The molecular weight excluding hydrogens is 240 g/mol. The molecule has 0 N–H and O–H groups in total. The fraction of sp³-hybridized carbons (Fsp3) is 0.800. The number of amidine groups is 1. The van der Waals surface area contributed by atoms with Gasteiger partial charge >= 0.3 is 5.97 Å². The van der Waals surface area contributed by atoms with Crippen molar-refractivity contribution < 1.29 is 9.53 Å². The summed E-state index contributed by atoms with van der Waals surface area (Å²) in [5.74, 6) is 1.39. The lowest BCUT2D eigenvalue weighted by atomic mass is 9.81. The van der Waals surface area contributed by atoms with E-state index in [1.54, 1.807) is 7.05 Å². The van der Waals surface area contributed by atoms with Gasteiger partial charge in [0.15, 0.2) is 0 Å². The van der Waals surface area contributed by atoms with Crippen molar-refractivity contribution in [2.24, 2.45) is 21.8 Å². The molecule has 0 unspecified atom stereocenters. The molecule has 0 spiro atoms. The Hall–Kier alpha value is -1.19. The summed E-state index contributed by atoms with van der Waals surface area (Å²) in [4.78, 5) is 20.4. The van der Waals surface area contributed by atoms with Crippen LogP contribution in [0.15, 0.2) is 9.98 Å². The third kappa shape index (κ3) is 5.13. The van der Waals surface area contributed by atoms with Crippen LogP contribution in [-0.4, -0.2) is 31.7 Å². The van der Waals surface area contributed by atoms with E-state index in [4.69, 9.17) is 4.74 Å². The van der Waals surface area contributed by atoms with E-state index in [0.717, 1.165) is 44.4 Å². The van der Waals surface area contributed by atoms with Crippen LogP contribution in [0.25, 0.3) is 0 Å². The summed E-state index contributed by atoms with van der Waals surface area (Å²) in [6.45, 7) is 4.47. The van der Waals surface area contributed by atoms with Crippen LogP contribution < -0.4 is 0 Å². The first-order valence-electron chi connectivity index (χ1n) is 7.38. The van der Waals surface area contributed by atoms with Gasteiger partial charge in [-0.05, 0) is 39.0 Å². The highest BCUT2D eigenvalue weighted by atomic mass is 16.5. The fourth-order valence-electron chi connectivity index (χ4n) is 2.48. The van der Waals surface area contributed by atoms with E-state index < -0.39 is 0 Å². The first kappa shape index (κ1) is 15.9. The van der Waals surface area contributed by atoms with E-state index in [-0.39, 0.29) is 11.9 Å². The largest absolute Gasteiger partial charge is 0.466 e. The van der Waals surface area contributed by atoms with Crippen molar-refractivity contribution in [1.29, 1.82) is 0 Å². The molecule has 0 radical (unpaired) electrons. The summed E-state index contributed by atoms with van der Waals surface area (Å²) in [6.07, 6.45) is 7.82. The van der Waals surface area contributed by atoms with Crippen LogP contribution in [0, 0.1) is 11.8 Å². The summed E-state index contributed by atoms with van der Waals surface area (Å²) < 4.78 is 5.08. The lowest BCUT2D eigenvalue weighted by Gasteiger charge is -2.26. The predicted molar refractivity (Wildman–Crippen MR) is 78.8 cm³/mol. The highest BCUT2D eigenvalue weighted by Crippen LogP contribution is 2.30. The van der Waals surface area contributed by atoms with Crippen molar-refractivity contribution >= 4 is 18.0 Å². The molecule has 0 atom stereocenters. The highest BCUT2D eigenvalue weighted by Gasteiger charge is 2.29.